The molecule has 1 saturated heterocycles. The second-order valence-corrected chi connectivity index (χ2v) is 8.05. The van der Waals surface area contributed by atoms with Gasteiger partial charge in [-0.25, -0.2) is 18.9 Å². The lowest BCUT2D eigenvalue weighted by atomic mass is 9.93. The van der Waals surface area contributed by atoms with Gasteiger partial charge in [0.25, 0.3) is 5.91 Å². The molecule has 162 valence electrons. The maximum Gasteiger partial charge on any atom is 0.348 e. The van der Waals surface area contributed by atoms with E-state index in [1.165, 1.54) is 10.6 Å². The number of halogens is 1. The quantitative estimate of drug-likeness (QED) is 0.537. The lowest BCUT2D eigenvalue weighted by molar-refractivity contribution is 0.0686. The number of pyridine rings is 1. The maximum atomic E-state index is 14.3. The van der Waals surface area contributed by atoms with Crippen molar-refractivity contribution in [1.82, 2.24) is 24.6 Å². The number of likely N-dealkylation sites (tertiary alicyclic amines) is 1. The summed E-state index contributed by atoms with van der Waals surface area (Å²) in [4.78, 5) is 31.6. The summed E-state index contributed by atoms with van der Waals surface area (Å²) in [6.45, 7) is 1.20. The van der Waals surface area contributed by atoms with Crippen molar-refractivity contribution in [3.63, 3.8) is 0 Å². The van der Waals surface area contributed by atoms with Gasteiger partial charge >= 0.3 is 5.69 Å². The summed E-state index contributed by atoms with van der Waals surface area (Å²) in [6.07, 6.45) is 3.74. The molecule has 4 aromatic rings. The van der Waals surface area contributed by atoms with Gasteiger partial charge in [-0.1, -0.05) is 36.4 Å². The molecule has 1 aliphatic rings. The maximum absolute atomic E-state index is 14.3. The molecule has 2 aromatic carbocycles. The van der Waals surface area contributed by atoms with Crippen LogP contribution in [0, 0.1) is 11.7 Å². The molecule has 1 fully saturated rings. The predicted molar refractivity (Wildman–Crippen MR) is 118 cm³/mol. The number of benzene rings is 2. The van der Waals surface area contributed by atoms with Gasteiger partial charge in [0.2, 0.25) is 0 Å². The smallest absolute Gasteiger partial charge is 0.337 e. The predicted octanol–water partition coefficient (Wildman–Crippen LogP) is 3.34. The van der Waals surface area contributed by atoms with Crippen LogP contribution in [0.1, 0.15) is 29.2 Å². The third kappa shape index (κ3) is 3.68. The molecule has 1 N–H and O–H groups in total. The Balaban J connectivity index is 1.30. The van der Waals surface area contributed by atoms with Gasteiger partial charge in [0.05, 0.1) is 5.69 Å². The summed E-state index contributed by atoms with van der Waals surface area (Å²) in [6, 6.07) is 15.8. The molecule has 2 aromatic heterocycles. The normalized spacial score (nSPS) is 14.7. The number of aromatic amines is 1. The molecule has 5 rings (SSSR count). The fraction of sp³-hybridized carbons (Fsp3) is 0.250. The number of nitrogens with zero attached hydrogens (tertiary/aromatic N) is 4. The lowest BCUT2D eigenvalue weighted by Crippen LogP contribution is -2.39. The van der Waals surface area contributed by atoms with Crippen LogP contribution in [0.3, 0.4) is 0 Å². The molecule has 0 spiro atoms. The van der Waals surface area contributed by atoms with Gasteiger partial charge < -0.3 is 4.90 Å². The van der Waals surface area contributed by atoms with Crippen molar-refractivity contribution < 1.29 is 9.18 Å². The van der Waals surface area contributed by atoms with E-state index in [9.17, 15) is 14.0 Å². The highest BCUT2D eigenvalue weighted by molar-refractivity contribution is 6.05. The summed E-state index contributed by atoms with van der Waals surface area (Å²) in [5.74, 6) is 0.199. The van der Waals surface area contributed by atoms with Crippen LogP contribution in [0.4, 0.5) is 4.39 Å². The van der Waals surface area contributed by atoms with Gasteiger partial charge in [0.15, 0.2) is 0 Å². The monoisotopic (exact) mass is 431 g/mol. The number of carbonyl (C=O) groups is 1. The summed E-state index contributed by atoms with van der Waals surface area (Å²) >= 11 is 0. The van der Waals surface area contributed by atoms with Crippen molar-refractivity contribution >= 4 is 16.7 Å². The molecule has 1 amide bonds. The molecule has 8 heteroatoms. The van der Waals surface area contributed by atoms with Crippen LogP contribution in [-0.2, 0) is 6.42 Å². The van der Waals surface area contributed by atoms with Crippen molar-refractivity contribution in [2.75, 3.05) is 13.1 Å². The van der Waals surface area contributed by atoms with Crippen molar-refractivity contribution in [2.45, 2.75) is 19.3 Å². The highest BCUT2D eigenvalue weighted by Gasteiger charge is 2.27. The Morgan fingerprint density at radius 1 is 1.06 bits per heavy atom. The molecule has 7 nitrogen and oxygen atoms in total. The van der Waals surface area contributed by atoms with E-state index in [2.05, 4.69) is 15.2 Å². The zero-order chi connectivity index (χ0) is 22.1. The van der Waals surface area contributed by atoms with E-state index in [1.807, 2.05) is 35.2 Å². The number of aromatic nitrogens is 4. The number of hydrogen-bond donors (Lipinski definition) is 1. The van der Waals surface area contributed by atoms with Gasteiger partial charge in [-0.15, -0.1) is 0 Å². The number of para-hydroxylation sites is 1. The first kappa shape index (κ1) is 20.1. The van der Waals surface area contributed by atoms with E-state index in [0.29, 0.717) is 31.0 Å². The molecule has 32 heavy (non-hydrogen) atoms. The molecule has 0 saturated carbocycles. The van der Waals surface area contributed by atoms with Crippen LogP contribution in [0.5, 0.6) is 0 Å². The minimum Gasteiger partial charge on any atom is -0.337 e. The number of amides is 1. The molecular weight excluding hydrogens is 409 g/mol. The Kier molecular flexibility index (Phi) is 5.26. The summed E-state index contributed by atoms with van der Waals surface area (Å²) in [7, 11) is 0. The zero-order valence-corrected chi connectivity index (χ0v) is 17.4. The molecular formula is C24H22FN5O2. The Morgan fingerprint density at radius 3 is 2.62 bits per heavy atom. The Labute approximate surface area is 183 Å². The van der Waals surface area contributed by atoms with Crippen LogP contribution >= 0.6 is 0 Å². The number of H-pyrrole nitrogens is 1. The first-order valence-corrected chi connectivity index (χ1v) is 10.7. The molecule has 0 radical (unpaired) electrons. The van der Waals surface area contributed by atoms with E-state index in [-0.39, 0.29) is 17.5 Å². The standard InChI is InChI=1S/C24H22FN5O2/c25-19-7-3-4-8-20(19)30-21(27-28-24(30)32)15-16-10-13-29(14-11-16)23(31)22-18-6-2-1-5-17(18)9-12-26-22/h1-9,12,16H,10-11,13-15H2,(H,28,32). The van der Waals surface area contributed by atoms with Crippen LogP contribution in [0.25, 0.3) is 16.5 Å². The SMILES string of the molecule is O=C(c1nccc2ccccc12)N1CCC(Cc2n[nH]c(=O)n2-c2ccccc2F)CC1. The third-order valence-electron chi connectivity index (χ3n) is 6.08. The van der Waals surface area contributed by atoms with Crippen LogP contribution in [-0.4, -0.2) is 43.6 Å². The highest BCUT2D eigenvalue weighted by Crippen LogP contribution is 2.25. The average Bonchev–Trinajstić information content (AvgIpc) is 3.18. The first-order valence-electron chi connectivity index (χ1n) is 10.7. The van der Waals surface area contributed by atoms with Crippen molar-refractivity contribution in [3.8, 4) is 5.69 Å². The Morgan fingerprint density at radius 2 is 1.81 bits per heavy atom. The van der Waals surface area contributed by atoms with Crippen LogP contribution < -0.4 is 5.69 Å². The minimum absolute atomic E-state index is 0.0664. The van der Waals surface area contributed by atoms with E-state index in [4.69, 9.17) is 0 Å². The van der Waals surface area contributed by atoms with Gasteiger partial charge in [0, 0.05) is 31.1 Å². The molecule has 1 aliphatic heterocycles. The summed E-state index contributed by atoms with van der Waals surface area (Å²) in [5, 5.41) is 8.41. The van der Waals surface area contributed by atoms with Gasteiger partial charge in [0.1, 0.15) is 17.3 Å². The molecule has 0 atom stereocenters. The number of fused-ring (bicyclic) bond motifs is 1. The average molecular weight is 431 g/mol. The number of piperidine rings is 1. The molecule has 0 aliphatic carbocycles. The van der Waals surface area contributed by atoms with Crippen molar-refractivity contribution in [3.05, 3.63) is 88.6 Å². The number of rotatable bonds is 4. The van der Waals surface area contributed by atoms with Gasteiger partial charge in [-0.2, -0.15) is 5.10 Å². The minimum atomic E-state index is -0.472. The second-order valence-electron chi connectivity index (χ2n) is 8.05. The summed E-state index contributed by atoms with van der Waals surface area (Å²) in [5.41, 5.74) is 0.206. The van der Waals surface area contributed by atoms with E-state index >= 15 is 0 Å². The van der Waals surface area contributed by atoms with Gasteiger partial charge in [-0.3, -0.25) is 9.78 Å². The largest absolute Gasteiger partial charge is 0.348 e. The van der Waals surface area contributed by atoms with Crippen molar-refractivity contribution in [1.29, 1.82) is 0 Å². The van der Waals surface area contributed by atoms with Crippen molar-refractivity contribution in [2.24, 2.45) is 5.92 Å². The second kappa shape index (κ2) is 8.37. The van der Waals surface area contributed by atoms with E-state index in [1.54, 1.807) is 24.4 Å². The van der Waals surface area contributed by atoms with E-state index < -0.39 is 11.5 Å². The zero-order valence-electron chi connectivity index (χ0n) is 17.4. The first-order chi connectivity index (χ1) is 15.6. The van der Waals surface area contributed by atoms with Crippen LogP contribution in [0.15, 0.2) is 65.6 Å². The Hall–Kier alpha value is -3.81. The molecule has 0 bridgehead atoms. The number of carbonyl (C=O) groups excluding carboxylic acids is 1. The fourth-order valence-electron chi connectivity index (χ4n) is 4.39. The lowest BCUT2D eigenvalue weighted by Gasteiger charge is -2.31. The molecule has 0 unspecified atom stereocenters. The number of nitrogens with one attached hydrogen (secondary N) is 1. The topological polar surface area (TPSA) is 83.9 Å². The third-order valence-corrected chi connectivity index (χ3v) is 6.08. The summed E-state index contributed by atoms with van der Waals surface area (Å²) < 4.78 is 15.6. The van der Waals surface area contributed by atoms with Crippen LogP contribution in [0.2, 0.25) is 0 Å². The van der Waals surface area contributed by atoms with E-state index in [0.717, 1.165) is 23.6 Å². The number of hydrogen-bond acceptors (Lipinski definition) is 4. The molecule has 3 heterocycles. The Bertz CT molecular complexity index is 1330. The van der Waals surface area contributed by atoms with Gasteiger partial charge in [-0.05, 0) is 42.3 Å². The highest BCUT2D eigenvalue weighted by atomic mass is 19.1. The fourth-order valence-corrected chi connectivity index (χ4v) is 4.39.